The van der Waals surface area contributed by atoms with Crippen LogP contribution in [0.4, 0.5) is 8.78 Å². The summed E-state index contributed by atoms with van der Waals surface area (Å²) in [4.78, 5) is 0. The van der Waals surface area contributed by atoms with Gasteiger partial charge in [0.1, 0.15) is 0 Å². The van der Waals surface area contributed by atoms with Crippen LogP contribution in [0.5, 0.6) is 0 Å². The number of rotatable bonds is 7. The van der Waals surface area contributed by atoms with E-state index >= 15 is 0 Å². The molecule has 1 rings (SSSR count). The van der Waals surface area contributed by atoms with Crippen molar-refractivity contribution in [2.45, 2.75) is 33.1 Å². The Morgan fingerprint density at radius 2 is 1.94 bits per heavy atom. The van der Waals surface area contributed by atoms with Gasteiger partial charge in [0, 0.05) is 0 Å². The second-order valence-electron chi connectivity index (χ2n) is 4.53. The van der Waals surface area contributed by atoms with Gasteiger partial charge in [0.15, 0.2) is 11.6 Å². The second-order valence-corrected chi connectivity index (χ2v) is 4.53. The number of benzene rings is 1. The molecule has 0 aliphatic rings. The molecule has 1 atom stereocenters. The molecule has 0 saturated carbocycles. The Morgan fingerprint density at radius 1 is 1.18 bits per heavy atom. The molecule has 0 heterocycles. The maximum Gasteiger partial charge on any atom is 0.159 e. The molecule has 3 heteroatoms. The Bertz CT molecular complexity index is 339. The Labute approximate surface area is 102 Å². The highest BCUT2D eigenvalue weighted by Crippen LogP contribution is 2.14. The maximum atomic E-state index is 13.0. The smallest absolute Gasteiger partial charge is 0.159 e. The maximum absolute atomic E-state index is 13.0. The van der Waals surface area contributed by atoms with E-state index in [0.29, 0.717) is 5.92 Å². The zero-order valence-electron chi connectivity index (χ0n) is 10.6. The molecule has 1 N–H and O–H groups in total. The van der Waals surface area contributed by atoms with E-state index in [-0.39, 0.29) is 0 Å². The summed E-state index contributed by atoms with van der Waals surface area (Å²) in [5.74, 6) is -0.918. The van der Waals surface area contributed by atoms with Crippen LogP contribution >= 0.6 is 0 Å². The first kappa shape index (κ1) is 14.1. The molecule has 0 aromatic heterocycles. The number of nitrogens with one attached hydrogen (secondary N) is 1. The zero-order valence-corrected chi connectivity index (χ0v) is 10.6. The molecule has 0 amide bonds. The lowest BCUT2D eigenvalue weighted by molar-refractivity contribution is 0.471. The van der Waals surface area contributed by atoms with Crippen molar-refractivity contribution >= 4 is 0 Å². The standard InChI is InChI=1S/C14H21F2N/c1-3-17-9-8-11(2)4-5-12-6-7-13(15)14(16)10-12/h6-7,10-11,17H,3-5,8-9H2,1-2H3. The van der Waals surface area contributed by atoms with Crippen LogP contribution in [-0.4, -0.2) is 13.1 Å². The number of halogens is 2. The Hall–Kier alpha value is -0.960. The van der Waals surface area contributed by atoms with E-state index in [1.54, 1.807) is 6.07 Å². The first-order chi connectivity index (χ1) is 8.13. The van der Waals surface area contributed by atoms with E-state index < -0.39 is 11.6 Å². The van der Waals surface area contributed by atoms with Gasteiger partial charge in [0.25, 0.3) is 0 Å². The van der Waals surface area contributed by atoms with Crippen LogP contribution in [0.1, 0.15) is 32.3 Å². The minimum absolute atomic E-state index is 0.599. The van der Waals surface area contributed by atoms with Gasteiger partial charge >= 0.3 is 0 Å². The summed E-state index contributed by atoms with van der Waals surface area (Å²) >= 11 is 0. The van der Waals surface area contributed by atoms with Gasteiger partial charge in [-0.05, 0) is 56.0 Å². The molecule has 0 saturated heterocycles. The fourth-order valence-electron chi connectivity index (χ4n) is 1.78. The fourth-order valence-corrected chi connectivity index (χ4v) is 1.78. The first-order valence-corrected chi connectivity index (χ1v) is 6.28. The van der Waals surface area contributed by atoms with Crippen molar-refractivity contribution in [3.63, 3.8) is 0 Å². The molecule has 0 spiro atoms. The highest BCUT2D eigenvalue weighted by atomic mass is 19.2. The van der Waals surface area contributed by atoms with E-state index in [4.69, 9.17) is 0 Å². The van der Waals surface area contributed by atoms with Crippen molar-refractivity contribution in [3.05, 3.63) is 35.4 Å². The first-order valence-electron chi connectivity index (χ1n) is 6.28. The van der Waals surface area contributed by atoms with Gasteiger partial charge in [-0.3, -0.25) is 0 Å². The van der Waals surface area contributed by atoms with Crippen LogP contribution in [0, 0.1) is 17.6 Å². The van der Waals surface area contributed by atoms with Crippen LogP contribution in [0.3, 0.4) is 0 Å². The van der Waals surface area contributed by atoms with E-state index in [0.717, 1.165) is 37.9 Å². The molecule has 0 radical (unpaired) electrons. The molecule has 0 fully saturated rings. The number of hydrogen-bond donors (Lipinski definition) is 1. The molecule has 17 heavy (non-hydrogen) atoms. The molecule has 1 unspecified atom stereocenters. The van der Waals surface area contributed by atoms with Crippen molar-refractivity contribution in [3.8, 4) is 0 Å². The third-order valence-corrected chi connectivity index (χ3v) is 2.97. The Morgan fingerprint density at radius 3 is 2.59 bits per heavy atom. The lowest BCUT2D eigenvalue weighted by Crippen LogP contribution is -2.16. The zero-order chi connectivity index (χ0) is 12.7. The van der Waals surface area contributed by atoms with Crippen LogP contribution in [-0.2, 0) is 6.42 Å². The largest absolute Gasteiger partial charge is 0.317 e. The van der Waals surface area contributed by atoms with Gasteiger partial charge < -0.3 is 5.32 Å². The Kier molecular flexibility index (Phi) is 6.12. The van der Waals surface area contributed by atoms with Gasteiger partial charge in [0.05, 0.1) is 0 Å². The SMILES string of the molecule is CCNCCC(C)CCc1ccc(F)c(F)c1. The highest BCUT2D eigenvalue weighted by Gasteiger charge is 2.05. The molecule has 96 valence electrons. The van der Waals surface area contributed by atoms with Gasteiger partial charge in [0.2, 0.25) is 0 Å². The summed E-state index contributed by atoms with van der Waals surface area (Å²) in [5.41, 5.74) is 0.874. The number of hydrogen-bond acceptors (Lipinski definition) is 1. The summed E-state index contributed by atoms with van der Waals surface area (Å²) in [6.45, 7) is 6.30. The molecule has 0 aliphatic carbocycles. The van der Waals surface area contributed by atoms with E-state index in [9.17, 15) is 8.78 Å². The molecule has 1 aromatic rings. The Balaban J connectivity index is 2.31. The van der Waals surface area contributed by atoms with Crippen molar-refractivity contribution < 1.29 is 8.78 Å². The van der Waals surface area contributed by atoms with Crippen LogP contribution < -0.4 is 5.32 Å². The topological polar surface area (TPSA) is 12.0 Å². The van der Waals surface area contributed by atoms with Crippen LogP contribution in [0.15, 0.2) is 18.2 Å². The fraction of sp³-hybridized carbons (Fsp3) is 0.571. The van der Waals surface area contributed by atoms with Gasteiger partial charge in [-0.15, -0.1) is 0 Å². The van der Waals surface area contributed by atoms with E-state index in [2.05, 4.69) is 19.2 Å². The normalized spacial score (nSPS) is 12.7. The number of aryl methyl sites for hydroxylation is 1. The lowest BCUT2D eigenvalue weighted by Gasteiger charge is -2.11. The summed E-state index contributed by atoms with van der Waals surface area (Å²) in [5, 5.41) is 3.28. The molecule has 0 bridgehead atoms. The van der Waals surface area contributed by atoms with Crippen molar-refractivity contribution in [1.29, 1.82) is 0 Å². The van der Waals surface area contributed by atoms with E-state index in [1.807, 2.05) is 0 Å². The van der Waals surface area contributed by atoms with Crippen LogP contribution in [0.25, 0.3) is 0 Å². The van der Waals surface area contributed by atoms with Crippen molar-refractivity contribution in [2.24, 2.45) is 5.92 Å². The van der Waals surface area contributed by atoms with Gasteiger partial charge in [-0.2, -0.15) is 0 Å². The van der Waals surface area contributed by atoms with Gasteiger partial charge in [-0.1, -0.05) is 19.9 Å². The minimum Gasteiger partial charge on any atom is -0.317 e. The molecule has 1 nitrogen and oxygen atoms in total. The summed E-state index contributed by atoms with van der Waals surface area (Å²) in [7, 11) is 0. The molecular weight excluding hydrogens is 220 g/mol. The molecule has 0 aliphatic heterocycles. The van der Waals surface area contributed by atoms with Crippen LogP contribution in [0.2, 0.25) is 0 Å². The lowest BCUT2D eigenvalue weighted by atomic mass is 9.98. The molecular formula is C14H21F2N. The predicted molar refractivity (Wildman–Crippen MR) is 67.0 cm³/mol. The summed E-state index contributed by atoms with van der Waals surface area (Å²) in [6, 6.07) is 4.16. The third kappa shape index (κ3) is 5.26. The minimum atomic E-state index is -0.769. The van der Waals surface area contributed by atoms with Gasteiger partial charge in [-0.25, -0.2) is 8.78 Å². The quantitative estimate of drug-likeness (QED) is 0.720. The van der Waals surface area contributed by atoms with Crippen molar-refractivity contribution in [1.82, 2.24) is 5.32 Å². The van der Waals surface area contributed by atoms with E-state index in [1.165, 1.54) is 12.1 Å². The monoisotopic (exact) mass is 241 g/mol. The second kappa shape index (κ2) is 7.38. The summed E-state index contributed by atoms with van der Waals surface area (Å²) in [6.07, 6.45) is 2.94. The molecule has 1 aromatic carbocycles. The highest BCUT2D eigenvalue weighted by molar-refractivity contribution is 5.17. The van der Waals surface area contributed by atoms with Crippen molar-refractivity contribution in [2.75, 3.05) is 13.1 Å². The average molecular weight is 241 g/mol. The average Bonchev–Trinajstić information content (AvgIpc) is 2.31. The predicted octanol–water partition coefficient (Wildman–Crippen LogP) is 3.53. The summed E-state index contributed by atoms with van der Waals surface area (Å²) < 4.78 is 25.7. The third-order valence-electron chi connectivity index (χ3n) is 2.97.